The average molecular weight is 446 g/mol. The van der Waals surface area contributed by atoms with Crippen LogP contribution in [0.25, 0.3) is 0 Å². The zero-order valence-corrected chi connectivity index (χ0v) is 18.2. The Morgan fingerprint density at radius 3 is 2.70 bits per heavy atom. The highest BCUT2D eigenvalue weighted by atomic mass is 32.1. The smallest absolute Gasteiger partial charge is 0.414 e. The van der Waals surface area contributed by atoms with Gasteiger partial charge in [-0.2, -0.15) is 0 Å². The van der Waals surface area contributed by atoms with Gasteiger partial charge in [0.25, 0.3) is 0 Å². The lowest BCUT2D eigenvalue weighted by atomic mass is 10.2. The maximum atomic E-state index is 12.2. The molecular weight excluding hydrogens is 422 g/mol. The van der Waals surface area contributed by atoms with E-state index in [9.17, 15) is 4.79 Å². The summed E-state index contributed by atoms with van der Waals surface area (Å²) in [6, 6.07) is 3.85. The molecule has 0 bridgehead atoms. The molecule has 2 aliphatic rings. The largest absolute Gasteiger partial charge is 0.442 e. The first kappa shape index (κ1) is 20.5. The Hall–Kier alpha value is -2.79. The molecule has 30 heavy (non-hydrogen) atoms. The normalized spacial score (nSPS) is 19.0. The molecule has 158 valence electrons. The van der Waals surface area contributed by atoms with Crippen LogP contribution in [0, 0.1) is 0 Å². The summed E-state index contributed by atoms with van der Waals surface area (Å²) in [5.74, 6) is 1.61. The minimum absolute atomic E-state index is 0.235. The number of piperazine rings is 1. The highest BCUT2D eigenvalue weighted by Gasteiger charge is 2.32. The molecule has 2 N–H and O–H groups in total. The average Bonchev–Trinajstić information content (AvgIpc) is 3.42. The number of rotatable bonds is 5. The van der Waals surface area contributed by atoms with Gasteiger partial charge >= 0.3 is 6.09 Å². The van der Waals surface area contributed by atoms with Crippen molar-refractivity contribution in [3.63, 3.8) is 0 Å². The number of aromatic amines is 1. The van der Waals surface area contributed by atoms with E-state index in [0.29, 0.717) is 18.1 Å². The first-order chi connectivity index (χ1) is 14.5. The molecule has 1 atom stereocenters. The molecule has 0 aromatic carbocycles. The second-order valence-corrected chi connectivity index (χ2v) is 8.14. The van der Waals surface area contributed by atoms with Crippen LogP contribution in [0.3, 0.4) is 0 Å². The number of anilines is 2. The number of ether oxygens (including phenoxy) is 1. The highest BCUT2D eigenvalue weighted by Crippen LogP contribution is 2.23. The van der Waals surface area contributed by atoms with Gasteiger partial charge in [-0.05, 0) is 19.1 Å². The standard InChI is InChI=1S/C19H23N7O2S2/c1-13(29)22-11-15-12-26(19(27)28-15)14-2-3-16(23-10-14)24-6-8-25(9-7-24)18(30)17-20-4-5-21-17/h2-5,10,15H,6-9,11-12H2,1H3,(H,20,21)(H,22,29). The molecule has 0 aliphatic carbocycles. The predicted octanol–water partition coefficient (Wildman–Crippen LogP) is 1.56. The Kier molecular flexibility index (Phi) is 6.09. The van der Waals surface area contributed by atoms with Gasteiger partial charge in [-0.25, -0.2) is 14.8 Å². The van der Waals surface area contributed by atoms with E-state index in [1.165, 1.54) is 0 Å². The van der Waals surface area contributed by atoms with Crippen LogP contribution in [0.2, 0.25) is 0 Å². The monoisotopic (exact) mass is 445 g/mol. The minimum atomic E-state index is -0.363. The molecule has 0 saturated carbocycles. The van der Waals surface area contributed by atoms with Gasteiger partial charge in [0.2, 0.25) is 0 Å². The number of thiocarbonyl (C=S) groups is 2. The van der Waals surface area contributed by atoms with Gasteiger partial charge in [-0.3, -0.25) is 4.90 Å². The number of nitrogens with zero attached hydrogens (tertiary/aromatic N) is 5. The fourth-order valence-corrected chi connectivity index (χ4v) is 3.87. The molecular formula is C19H23N7O2S2. The molecule has 11 heteroatoms. The number of hydrogen-bond acceptors (Lipinski definition) is 7. The predicted molar refractivity (Wildman–Crippen MR) is 122 cm³/mol. The van der Waals surface area contributed by atoms with E-state index in [2.05, 4.69) is 30.1 Å². The van der Waals surface area contributed by atoms with Gasteiger partial charge in [0, 0.05) is 38.6 Å². The summed E-state index contributed by atoms with van der Waals surface area (Å²) in [7, 11) is 0. The van der Waals surface area contributed by atoms with E-state index < -0.39 is 0 Å². The van der Waals surface area contributed by atoms with Crippen LogP contribution < -0.4 is 15.1 Å². The number of H-pyrrole nitrogens is 1. The van der Waals surface area contributed by atoms with Crippen molar-refractivity contribution in [1.29, 1.82) is 0 Å². The van der Waals surface area contributed by atoms with Crippen LogP contribution in [0.5, 0.6) is 0 Å². The van der Waals surface area contributed by atoms with E-state index in [-0.39, 0.29) is 12.2 Å². The van der Waals surface area contributed by atoms with Crippen molar-refractivity contribution >= 4 is 52.0 Å². The number of aromatic nitrogens is 3. The summed E-state index contributed by atoms with van der Waals surface area (Å²) in [5, 5.41) is 3.04. The van der Waals surface area contributed by atoms with Crippen LogP contribution in [0.4, 0.5) is 16.3 Å². The van der Waals surface area contributed by atoms with E-state index in [0.717, 1.165) is 48.5 Å². The van der Waals surface area contributed by atoms with Crippen molar-refractivity contribution in [2.45, 2.75) is 13.0 Å². The third-order valence-electron chi connectivity index (χ3n) is 5.09. The molecule has 1 amide bonds. The molecule has 0 spiro atoms. The zero-order chi connectivity index (χ0) is 21.1. The van der Waals surface area contributed by atoms with E-state index in [1.54, 1.807) is 30.4 Å². The van der Waals surface area contributed by atoms with E-state index >= 15 is 0 Å². The van der Waals surface area contributed by atoms with E-state index in [4.69, 9.17) is 29.2 Å². The third kappa shape index (κ3) is 4.51. The first-order valence-electron chi connectivity index (χ1n) is 9.73. The number of amides is 1. The summed E-state index contributed by atoms with van der Waals surface area (Å²) >= 11 is 10.5. The first-order valence-corrected chi connectivity index (χ1v) is 10.5. The number of imidazole rings is 1. The Labute approximate surface area is 185 Å². The summed E-state index contributed by atoms with van der Waals surface area (Å²) in [6.07, 6.45) is 4.60. The van der Waals surface area contributed by atoms with Crippen molar-refractivity contribution < 1.29 is 9.53 Å². The van der Waals surface area contributed by atoms with Gasteiger partial charge in [0.1, 0.15) is 16.9 Å². The number of cyclic esters (lactones) is 1. The lowest BCUT2D eigenvalue weighted by Crippen LogP contribution is -2.49. The van der Waals surface area contributed by atoms with Gasteiger partial charge in [-0.15, -0.1) is 0 Å². The molecule has 0 radical (unpaired) electrons. The molecule has 2 aromatic rings. The minimum Gasteiger partial charge on any atom is -0.442 e. The van der Waals surface area contributed by atoms with Gasteiger partial charge in [0.05, 0.1) is 30.0 Å². The maximum absolute atomic E-state index is 12.2. The quantitative estimate of drug-likeness (QED) is 0.666. The summed E-state index contributed by atoms with van der Waals surface area (Å²) in [4.78, 5) is 31.4. The summed E-state index contributed by atoms with van der Waals surface area (Å²) in [6.45, 7) is 6.00. The van der Waals surface area contributed by atoms with Crippen molar-refractivity contribution in [3.05, 3.63) is 36.5 Å². The van der Waals surface area contributed by atoms with Crippen molar-refractivity contribution in [3.8, 4) is 0 Å². The van der Waals surface area contributed by atoms with Crippen molar-refractivity contribution in [2.75, 3.05) is 49.1 Å². The van der Waals surface area contributed by atoms with Crippen LogP contribution >= 0.6 is 24.4 Å². The molecule has 9 nitrogen and oxygen atoms in total. The molecule has 4 rings (SSSR count). The Morgan fingerprint density at radius 1 is 1.27 bits per heavy atom. The summed E-state index contributed by atoms with van der Waals surface area (Å²) in [5.41, 5.74) is 0.725. The van der Waals surface area contributed by atoms with Crippen LogP contribution in [0.1, 0.15) is 12.7 Å². The Morgan fingerprint density at radius 2 is 2.07 bits per heavy atom. The van der Waals surface area contributed by atoms with Gasteiger partial charge in [0.15, 0.2) is 5.82 Å². The second-order valence-electron chi connectivity index (χ2n) is 7.15. The summed E-state index contributed by atoms with van der Waals surface area (Å²) < 4.78 is 5.39. The topological polar surface area (TPSA) is 89.6 Å². The van der Waals surface area contributed by atoms with Crippen LogP contribution in [-0.2, 0) is 4.74 Å². The fraction of sp³-hybridized carbons (Fsp3) is 0.421. The lowest BCUT2D eigenvalue weighted by Gasteiger charge is -2.36. The molecule has 2 saturated heterocycles. The molecule has 2 aromatic heterocycles. The Balaban J connectivity index is 1.33. The number of carbonyl (C=O) groups is 1. The number of carbonyl (C=O) groups excluding carboxylic acids is 1. The number of hydrogen-bond donors (Lipinski definition) is 2. The van der Waals surface area contributed by atoms with Crippen molar-refractivity contribution in [2.24, 2.45) is 0 Å². The van der Waals surface area contributed by atoms with Gasteiger partial charge < -0.3 is 24.8 Å². The number of pyridine rings is 1. The van der Waals surface area contributed by atoms with Gasteiger partial charge in [-0.1, -0.05) is 24.4 Å². The van der Waals surface area contributed by atoms with Crippen LogP contribution in [-0.4, -0.2) is 81.3 Å². The molecule has 2 aliphatic heterocycles. The Bertz CT molecular complexity index is 911. The molecule has 4 heterocycles. The SMILES string of the molecule is CC(=S)NCC1CN(c2ccc(N3CCN(C(=S)c4ncc[nH]4)CC3)nc2)C(=O)O1. The van der Waals surface area contributed by atoms with Crippen molar-refractivity contribution in [1.82, 2.24) is 25.2 Å². The fourth-order valence-electron chi connectivity index (χ4n) is 3.49. The highest BCUT2D eigenvalue weighted by molar-refractivity contribution is 7.80. The van der Waals surface area contributed by atoms with Crippen LogP contribution in [0.15, 0.2) is 30.7 Å². The van der Waals surface area contributed by atoms with E-state index in [1.807, 2.05) is 12.1 Å². The zero-order valence-electron chi connectivity index (χ0n) is 16.6. The molecule has 2 fully saturated rings. The third-order valence-corrected chi connectivity index (χ3v) is 5.68. The number of nitrogens with one attached hydrogen (secondary N) is 2. The maximum Gasteiger partial charge on any atom is 0.414 e. The lowest BCUT2D eigenvalue weighted by molar-refractivity contribution is 0.143. The molecule has 1 unspecified atom stereocenters. The second kappa shape index (κ2) is 8.92.